The minimum atomic E-state index is -0.666. The van der Waals surface area contributed by atoms with Gasteiger partial charge < -0.3 is 14.5 Å². The highest BCUT2D eigenvalue weighted by Gasteiger charge is 2.36. The molecule has 2 aliphatic rings. The Balaban J connectivity index is 1.64. The number of ether oxygens (including phenoxy) is 1. The van der Waals surface area contributed by atoms with Crippen molar-refractivity contribution >= 4 is 22.8 Å². The van der Waals surface area contributed by atoms with Crippen molar-refractivity contribution in [3.8, 4) is 28.9 Å². The van der Waals surface area contributed by atoms with Gasteiger partial charge in [-0.2, -0.15) is 10.2 Å². The number of amides is 1. The van der Waals surface area contributed by atoms with E-state index in [-0.39, 0.29) is 65.6 Å². The molecule has 6 heterocycles. The minimum absolute atomic E-state index is 0.0539. The molecule has 44 heavy (non-hydrogen) atoms. The van der Waals surface area contributed by atoms with Crippen molar-refractivity contribution < 1.29 is 13.9 Å². The van der Waals surface area contributed by atoms with Crippen LogP contribution in [-0.4, -0.2) is 77.1 Å². The van der Waals surface area contributed by atoms with Gasteiger partial charge in [-0.25, -0.2) is 18.7 Å². The molecule has 2 aliphatic heterocycles. The number of rotatable bonds is 4. The number of aryl methyl sites for hydroxylation is 1. The lowest BCUT2D eigenvalue weighted by atomic mass is 10.0. The quantitative estimate of drug-likeness (QED) is 0.321. The maximum Gasteiger partial charge on any atom is 0.356 e. The number of nitrogens with zero attached hydrogens (tertiary/aromatic N) is 10. The van der Waals surface area contributed by atoms with Crippen molar-refractivity contribution in [2.45, 2.75) is 58.2 Å². The molecule has 4 bridgehead atoms. The van der Waals surface area contributed by atoms with Crippen LogP contribution in [0.4, 0.5) is 10.2 Å². The Morgan fingerprint density at radius 2 is 2.14 bits per heavy atom. The fourth-order valence-corrected chi connectivity index (χ4v) is 5.85. The van der Waals surface area contributed by atoms with Gasteiger partial charge in [-0.3, -0.25) is 14.5 Å². The minimum Gasteiger partial charge on any atom is -0.491 e. The van der Waals surface area contributed by atoms with E-state index in [0.717, 1.165) is 0 Å². The highest BCUT2D eigenvalue weighted by molar-refractivity contribution is 5.91. The Kier molecular flexibility index (Phi) is 7.54. The van der Waals surface area contributed by atoms with Crippen LogP contribution >= 0.6 is 0 Å². The average Bonchev–Trinajstić information content (AvgIpc) is 3.48. The zero-order valence-electron chi connectivity index (χ0n) is 24.6. The van der Waals surface area contributed by atoms with Crippen LogP contribution in [0.5, 0.6) is 5.75 Å². The Hall–Kier alpha value is -5.19. The van der Waals surface area contributed by atoms with Gasteiger partial charge in [0.2, 0.25) is 5.91 Å². The maximum absolute atomic E-state index is 16.0. The first kappa shape index (κ1) is 28.9. The summed E-state index contributed by atoms with van der Waals surface area (Å²) in [6, 6.07) is 4.30. The molecule has 1 fully saturated rings. The van der Waals surface area contributed by atoms with Crippen LogP contribution in [0, 0.1) is 17.1 Å². The number of hydrogen-bond acceptors (Lipinski definition) is 10. The second kappa shape index (κ2) is 11.5. The number of fused-ring (bicyclic) bond motifs is 6. The lowest BCUT2D eigenvalue weighted by Crippen LogP contribution is -2.59. The van der Waals surface area contributed by atoms with Crippen LogP contribution in [0.25, 0.3) is 28.1 Å². The molecule has 0 aromatic carbocycles. The number of anilines is 1. The molecule has 0 N–H and O–H groups in total. The highest BCUT2D eigenvalue weighted by Crippen LogP contribution is 2.36. The van der Waals surface area contributed by atoms with Gasteiger partial charge in [0.1, 0.15) is 28.6 Å². The van der Waals surface area contributed by atoms with Crippen molar-refractivity contribution in [3.05, 3.63) is 59.2 Å². The summed E-state index contributed by atoms with van der Waals surface area (Å²) in [5.41, 5.74) is 0.604. The molecule has 0 saturated carbocycles. The number of piperazine rings is 1. The second-order valence-electron chi connectivity index (χ2n) is 11.2. The number of carbonyl (C=O) groups is 1. The predicted molar refractivity (Wildman–Crippen MR) is 159 cm³/mol. The predicted octanol–water partition coefficient (Wildman–Crippen LogP) is 2.98. The lowest BCUT2D eigenvalue weighted by Gasteiger charge is -2.45. The first-order chi connectivity index (χ1) is 21.2. The van der Waals surface area contributed by atoms with E-state index in [4.69, 9.17) is 9.72 Å². The Morgan fingerprint density at radius 3 is 2.89 bits per heavy atom. The number of halogens is 1. The first-order valence-corrected chi connectivity index (χ1v) is 14.4. The summed E-state index contributed by atoms with van der Waals surface area (Å²) in [5.74, 6) is -0.442. The molecule has 0 radical (unpaired) electrons. The van der Waals surface area contributed by atoms with E-state index in [0.29, 0.717) is 36.7 Å². The summed E-state index contributed by atoms with van der Waals surface area (Å²) in [4.78, 5) is 44.0. The Bertz CT molecular complexity index is 1880. The van der Waals surface area contributed by atoms with Gasteiger partial charge in [-0.1, -0.05) is 25.6 Å². The monoisotopic (exact) mass is 598 g/mol. The van der Waals surface area contributed by atoms with Crippen LogP contribution in [0.1, 0.15) is 45.2 Å². The molecule has 14 heteroatoms. The zero-order chi connectivity index (χ0) is 31.1. The van der Waals surface area contributed by atoms with Crippen molar-refractivity contribution in [2.24, 2.45) is 0 Å². The number of nitriles is 1. The van der Waals surface area contributed by atoms with Crippen molar-refractivity contribution in [1.29, 1.82) is 5.26 Å². The molecule has 2 unspecified atom stereocenters. The fourth-order valence-electron chi connectivity index (χ4n) is 5.85. The molecule has 2 atom stereocenters. The third-order valence-corrected chi connectivity index (χ3v) is 7.96. The van der Waals surface area contributed by atoms with Crippen LogP contribution in [0.2, 0.25) is 0 Å². The topological polar surface area (TPSA) is 148 Å². The van der Waals surface area contributed by atoms with Gasteiger partial charge in [-0.15, -0.1) is 5.10 Å². The molecule has 4 aromatic heterocycles. The van der Waals surface area contributed by atoms with Gasteiger partial charge >= 0.3 is 5.69 Å². The first-order valence-electron chi connectivity index (χ1n) is 14.4. The number of carbonyl (C=O) groups excluding carboxylic acids is 1. The Morgan fingerprint density at radius 1 is 1.32 bits per heavy atom. The van der Waals surface area contributed by atoms with Gasteiger partial charge in [-0.05, 0) is 25.0 Å². The van der Waals surface area contributed by atoms with E-state index in [1.807, 2.05) is 25.7 Å². The molecule has 0 aliphatic carbocycles. The van der Waals surface area contributed by atoms with E-state index in [2.05, 4.69) is 32.9 Å². The number of pyridine rings is 2. The highest BCUT2D eigenvalue weighted by atomic mass is 19.1. The third kappa shape index (κ3) is 4.93. The molecule has 226 valence electrons. The van der Waals surface area contributed by atoms with Gasteiger partial charge in [0.15, 0.2) is 11.5 Å². The summed E-state index contributed by atoms with van der Waals surface area (Å²) in [7, 11) is 0. The van der Waals surface area contributed by atoms with E-state index in [9.17, 15) is 14.9 Å². The van der Waals surface area contributed by atoms with Crippen LogP contribution < -0.4 is 15.3 Å². The standard InChI is InChI=1S/C30H31FN10O3/c1-5-24(42)40-14-18(4)39(15-19(40)7-9-32)28-20-13-21(31)26-22-16-38(37-36-22)11-6-12-44-23-8-10-33-25(17(2)3)27(23)41(29(20)34-26)30(43)35-28/h5,8,10,13,16-19H,1,6-7,11-12,14-15H2,2-4H3. The molecule has 1 amide bonds. The molecular formula is C30H31FN10O3. The summed E-state index contributed by atoms with van der Waals surface area (Å²) in [5, 5.41) is 18.1. The van der Waals surface area contributed by atoms with Crippen LogP contribution in [0.15, 0.2) is 42.0 Å². The molecule has 13 nitrogen and oxygen atoms in total. The smallest absolute Gasteiger partial charge is 0.356 e. The third-order valence-electron chi connectivity index (χ3n) is 7.96. The van der Waals surface area contributed by atoms with E-state index < -0.39 is 17.5 Å². The summed E-state index contributed by atoms with van der Waals surface area (Å²) in [6.45, 7) is 10.6. The fraction of sp³-hybridized carbons (Fsp3) is 0.400. The van der Waals surface area contributed by atoms with E-state index >= 15 is 4.39 Å². The average molecular weight is 599 g/mol. The van der Waals surface area contributed by atoms with Gasteiger partial charge in [0.25, 0.3) is 0 Å². The summed E-state index contributed by atoms with van der Waals surface area (Å²) < 4.78 is 25.1. The normalized spacial score (nSPS) is 18.2. The maximum atomic E-state index is 16.0. The molecule has 4 aromatic rings. The van der Waals surface area contributed by atoms with Gasteiger partial charge in [0, 0.05) is 44.4 Å². The summed E-state index contributed by atoms with van der Waals surface area (Å²) in [6.07, 6.45) is 5.09. The molecule has 0 spiro atoms. The zero-order valence-corrected chi connectivity index (χ0v) is 24.6. The van der Waals surface area contributed by atoms with Crippen molar-refractivity contribution in [1.82, 2.24) is 39.4 Å². The number of aromatic nitrogens is 7. The number of hydrogen-bond donors (Lipinski definition) is 0. The second-order valence-corrected chi connectivity index (χ2v) is 11.2. The lowest BCUT2D eigenvalue weighted by molar-refractivity contribution is -0.129. The van der Waals surface area contributed by atoms with E-state index in [1.165, 1.54) is 16.7 Å². The largest absolute Gasteiger partial charge is 0.491 e. The molecule has 1 saturated heterocycles. The van der Waals surface area contributed by atoms with Crippen LogP contribution in [0.3, 0.4) is 0 Å². The Labute approximate surface area is 252 Å². The van der Waals surface area contributed by atoms with Crippen LogP contribution in [-0.2, 0) is 11.3 Å². The molecular weight excluding hydrogens is 567 g/mol. The molecule has 6 rings (SSSR count). The van der Waals surface area contributed by atoms with Gasteiger partial charge in [0.05, 0.1) is 42.4 Å². The SMILES string of the molecule is C=CC(=O)N1CC(C)N(c2nc(=O)n3c4nc(c(F)cc24)-c2cn(nn2)CCCOc2ccnc(C(C)C)c2-3)CC1CC#N. The van der Waals surface area contributed by atoms with E-state index in [1.54, 1.807) is 28.0 Å². The van der Waals surface area contributed by atoms with Crippen molar-refractivity contribution in [3.63, 3.8) is 0 Å². The summed E-state index contributed by atoms with van der Waals surface area (Å²) >= 11 is 0. The van der Waals surface area contributed by atoms with Crippen molar-refractivity contribution in [2.75, 3.05) is 24.6 Å².